The number of likely N-dealkylation sites (tertiary alicyclic amines) is 1. The van der Waals surface area contributed by atoms with E-state index in [-0.39, 0.29) is 5.91 Å². The molecule has 8 heteroatoms. The molecule has 2 saturated heterocycles. The van der Waals surface area contributed by atoms with Gasteiger partial charge in [0, 0.05) is 67.5 Å². The van der Waals surface area contributed by atoms with E-state index in [0.29, 0.717) is 19.2 Å². The molecule has 1 amide bonds. The van der Waals surface area contributed by atoms with Crippen molar-refractivity contribution in [2.24, 2.45) is 0 Å². The van der Waals surface area contributed by atoms with Crippen LogP contribution >= 0.6 is 0 Å². The first-order valence-electron chi connectivity index (χ1n) is 11.6. The summed E-state index contributed by atoms with van der Waals surface area (Å²) in [6.45, 7) is 5.39. The highest BCUT2D eigenvalue weighted by molar-refractivity contribution is 5.96. The summed E-state index contributed by atoms with van der Waals surface area (Å²) in [4.78, 5) is 33.4. The molecule has 0 aliphatic carbocycles. The van der Waals surface area contributed by atoms with E-state index in [1.54, 1.807) is 0 Å². The highest BCUT2D eigenvalue weighted by atomic mass is 16.5. The third-order valence-electron chi connectivity index (χ3n) is 6.61. The maximum atomic E-state index is 12.9. The van der Waals surface area contributed by atoms with Gasteiger partial charge in [0.25, 0.3) is 5.91 Å². The van der Waals surface area contributed by atoms with E-state index in [1.807, 2.05) is 53.7 Å². The Morgan fingerprint density at radius 2 is 1.76 bits per heavy atom. The summed E-state index contributed by atoms with van der Waals surface area (Å²) >= 11 is 0. The molecule has 1 aromatic carbocycles. The van der Waals surface area contributed by atoms with Crippen molar-refractivity contribution in [3.05, 3.63) is 59.9 Å². The number of hydrogen-bond acceptors (Lipinski definition) is 7. The van der Waals surface area contributed by atoms with Gasteiger partial charge in [0.1, 0.15) is 5.82 Å². The molecule has 3 aliphatic heterocycles. The number of aromatic nitrogens is 3. The first-order valence-corrected chi connectivity index (χ1v) is 11.6. The van der Waals surface area contributed by atoms with Crippen molar-refractivity contribution < 1.29 is 9.53 Å². The molecule has 8 nitrogen and oxygen atoms in total. The average Bonchev–Trinajstić information content (AvgIpc) is 3.28. The number of amides is 1. The molecule has 0 spiro atoms. The van der Waals surface area contributed by atoms with Crippen molar-refractivity contribution in [2.75, 3.05) is 55.7 Å². The Labute approximate surface area is 192 Å². The SMILES string of the molecule is O=C(c1cccc(-c2nc(N3CCOCC3)nc3c2CCN3c2ccncc2)c1)N1CCC1. The van der Waals surface area contributed by atoms with E-state index in [0.717, 1.165) is 79.5 Å². The number of benzene rings is 1. The normalized spacial score (nSPS) is 17.6. The summed E-state index contributed by atoms with van der Waals surface area (Å²) in [6, 6.07) is 11.9. The number of anilines is 3. The quantitative estimate of drug-likeness (QED) is 0.615. The number of ether oxygens (including phenoxy) is 1. The smallest absolute Gasteiger partial charge is 0.253 e. The molecule has 168 valence electrons. The van der Waals surface area contributed by atoms with Crippen LogP contribution in [0.15, 0.2) is 48.8 Å². The van der Waals surface area contributed by atoms with Crippen LogP contribution in [0, 0.1) is 0 Å². The zero-order valence-corrected chi connectivity index (χ0v) is 18.5. The van der Waals surface area contributed by atoms with E-state index in [9.17, 15) is 4.79 Å². The van der Waals surface area contributed by atoms with Gasteiger partial charge in [0.2, 0.25) is 5.95 Å². The zero-order valence-electron chi connectivity index (χ0n) is 18.5. The second-order valence-corrected chi connectivity index (χ2v) is 8.61. The largest absolute Gasteiger partial charge is 0.378 e. The highest BCUT2D eigenvalue weighted by Gasteiger charge is 2.29. The van der Waals surface area contributed by atoms with Crippen molar-refractivity contribution in [1.82, 2.24) is 19.9 Å². The molecule has 6 rings (SSSR count). The van der Waals surface area contributed by atoms with Gasteiger partial charge in [-0.1, -0.05) is 12.1 Å². The second-order valence-electron chi connectivity index (χ2n) is 8.61. The van der Waals surface area contributed by atoms with Crippen LogP contribution in [0.5, 0.6) is 0 Å². The number of morpholine rings is 1. The molecular formula is C25H26N6O2. The van der Waals surface area contributed by atoms with Crippen LogP contribution in [0.3, 0.4) is 0 Å². The average molecular weight is 443 g/mol. The number of fused-ring (bicyclic) bond motifs is 1. The number of nitrogens with zero attached hydrogens (tertiary/aromatic N) is 6. The number of hydrogen-bond donors (Lipinski definition) is 0. The highest BCUT2D eigenvalue weighted by Crippen LogP contribution is 2.39. The molecule has 0 bridgehead atoms. The molecule has 0 saturated carbocycles. The number of pyridine rings is 1. The monoisotopic (exact) mass is 442 g/mol. The minimum absolute atomic E-state index is 0.0978. The Morgan fingerprint density at radius 1 is 0.939 bits per heavy atom. The van der Waals surface area contributed by atoms with Gasteiger partial charge in [-0.3, -0.25) is 9.78 Å². The summed E-state index contributed by atoms with van der Waals surface area (Å²) in [5.74, 6) is 1.75. The van der Waals surface area contributed by atoms with Crippen LogP contribution in [0.2, 0.25) is 0 Å². The standard InChI is InChI=1S/C25H26N6O2/c32-24(29-10-2-11-29)19-4-1-3-18(17-19)22-21-7-12-31(20-5-8-26-9-6-20)23(21)28-25(27-22)30-13-15-33-16-14-30/h1,3-6,8-9,17H,2,7,10-16H2. The van der Waals surface area contributed by atoms with Gasteiger partial charge in [-0.15, -0.1) is 0 Å². The molecule has 0 atom stereocenters. The van der Waals surface area contributed by atoms with Gasteiger partial charge in [0.15, 0.2) is 0 Å². The van der Waals surface area contributed by atoms with Crippen molar-refractivity contribution in [2.45, 2.75) is 12.8 Å². The van der Waals surface area contributed by atoms with Crippen molar-refractivity contribution in [1.29, 1.82) is 0 Å². The van der Waals surface area contributed by atoms with Gasteiger partial charge in [-0.2, -0.15) is 4.98 Å². The second kappa shape index (κ2) is 8.44. The Hall–Kier alpha value is -3.52. The van der Waals surface area contributed by atoms with Crippen LogP contribution in [0.1, 0.15) is 22.3 Å². The predicted octanol–water partition coefficient (Wildman–Crippen LogP) is 2.92. The summed E-state index contributed by atoms with van der Waals surface area (Å²) in [5, 5.41) is 0. The van der Waals surface area contributed by atoms with E-state index in [1.165, 1.54) is 0 Å². The van der Waals surface area contributed by atoms with Gasteiger partial charge in [-0.05, 0) is 37.1 Å². The van der Waals surface area contributed by atoms with E-state index in [2.05, 4.69) is 14.8 Å². The van der Waals surface area contributed by atoms with E-state index in [4.69, 9.17) is 14.7 Å². The van der Waals surface area contributed by atoms with Crippen molar-refractivity contribution >= 4 is 23.4 Å². The Balaban J connectivity index is 1.45. The fourth-order valence-corrected chi connectivity index (χ4v) is 4.66. The van der Waals surface area contributed by atoms with Gasteiger partial charge >= 0.3 is 0 Å². The van der Waals surface area contributed by atoms with Gasteiger partial charge < -0.3 is 19.4 Å². The number of carbonyl (C=O) groups is 1. The fourth-order valence-electron chi connectivity index (χ4n) is 4.66. The zero-order chi connectivity index (χ0) is 22.2. The molecule has 0 N–H and O–H groups in total. The third kappa shape index (κ3) is 3.70. The summed E-state index contributed by atoms with van der Waals surface area (Å²) in [5.41, 5.74) is 4.79. The first-order chi connectivity index (χ1) is 16.3. The van der Waals surface area contributed by atoms with Gasteiger partial charge in [0.05, 0.1) is 18.9 Å². The first kappa shape index (κ1) is 20.1. The third-order valence-corrected chi connectivity index (χ3v) is 6.61. The lowest BCUT2D eigenvalue weighted by Crippen LogP contribution is -2.42. The molecular weight excluding hydrogens is 416 g/mol. The minimum atomic E-state index is 0.0978. The Kier molecular flexibility index (Phi) is 5.14. The molecule has 2 fully saturated rings. The van der Waals surface area contributed by atoms with Crippen LogP contribution in [0.25, 0.3) is 11.3 Å². The van der Waals surface area contributed by atoms with Crippen LogP contribution in [-0.4, -0.2) is 71.7 Å². The summed E-state index contributed by atoms with van der Waals surface area (Å²) in [7, 11) is 0. The molecule has 3 aliphatic rings. The maximum Gasteiger partial charge on any atom is 0.253 e. The summed E-state index contributed by atoms with van der Waals surface area (Å²) in [6.07, 6.45) is 5.55. The number of carbonyl (C=O) groups excluding carboxylic acids is 1. The molecule has 0 unspecified atom stereocenters. The van der Waals surface area contributed by atoms with Crippen molar-refractivity contribution in [3.8, 4) is 11.3 Å². The van der Waals surface area contributed by atoms with Crippen LogP contribution < -0.4 is 9.80 Å². The van der Waals surface area contributed by atoms with Crippen molar-refractivity contribution in [3.63, 3.8) is 0 Å². The molecule has 2 aromatic heterocycles. The lowest BCUT2D eigenvalue weighted by atomic mass is 10.0. The minimum Gasteiger partial charge on any atom is -0.378 e. The molecule has 0 radical (unpaired) electrons. The topological polar surface area (TPSA) is 74.7 Å². The number of rotatable bonds is 4. The summed E-state index contributed by atoms with van der Waals surface area (Å²) < 4.78 is 5.54. The lowest BCUT2D eigenvalue weighted by Gasteiger charge is -2.31. The molecule has 5 heterocycles. The fraction of sp³-hybridized carbons (Fsp3) is 0.360. The predicted molar refractivity (Wildman–Crippen MR) is 126 cm³/mol. The Bertz CT molecular complexity index is 1170. The molecule has 33 heavy (non-hydrogen) atoms. The maximum absolute atomic E-state index is 12.9. The Morgan fingerprint density at radius 3 is 2.52 bits per heavy atom. The van der Waals surface area contributed by atoms with Crippen LogP contribution in [-0.2, 0) is 11.2 Å². The lowest BCUT2D eigenvalue weighted by molar-refractivity contribution is 0.0652. The van der Waals surface area contributed by atoms with Gasteiger partial charge in [-0.25, -0.2) is 4.98 Å². The van der Waals surface area contributed by atoms with E-state index < -0.39 is 0 Å². The van der Waals surface area contributed by atoms with Crippen LogP contribution in [0.4, 0.5) is 17.5 Å². The van der Waals surface area contributed by atoms with E-state index >= 15 is 0 Å². The molecule has 3 aromatic rings.